The zero-order valence-electron chi connectivity index (χ0n) is 24.9. The van der Waals surface area contributed by atoms with Gasteiger partial charge in [0.1, 0.15) is 5.82 Å². The highest BCUT2D eigenvalue weighted by molar-refractivity contribution is 5.90. The number of carbonyl (C=O) groups is 1. The average Bonchev–Trinajstić information content (AvgIpc) is 3.44. The molecule has 2 saturated heterocycles. The summed E-state index contributed by atoms with van der Waals surface area (Å²) in [6, 6.07) is 29.1. The van der Waals surface area contributed by atoms with Gasteiger partial charge in [0.2, 0.25) is 5.91 Å². The summed E-state index contributed by atoms with van der Waals surface area (Å²) in [6.45, 7) is 6.46. The summed E-state index contributed by atoms with van der Waals surface area (Å²) in [6.07, 6.45) is 6.17. The Morgan fingerprint density at radius 3 is 2.14 bits per heavy atom. The molecule has 0 spiro atoms. The van der Waals surface area contributed by atoms with Crippen LogP contribution in [0.2, 0.25) is 0 Å². The second-order valence-electron chi connectivity index (χ2n) is 11.7. The van der Waals surface area contributed by atoms with Gasteiger partial charge in [-0.2, -0.15) is 0 Å². The van der Waals surface area contributed by atoms with E-state index in [0.717, 1.165) is 92.6 Å². The first kappa shape index (κ1) is 28.0. The van der Waals surface area contributed by atoms with Crippen molar-refractivity contribution in [3.8, 4) is 5.82 Å². The standard InChI is InChI=1S/C35H38N8O/c44-35(37-29-15-18-40(19-16-29)25-27-8-2-1-3-9-27)24-28-26-43(31-11-5-4-10-30(28)31)34-14-13-33(38-39-34)42-22-20-41(21-23-42)32-12-6-7-17-36-32/h1-14,17,26,29H,15-16,18-25H2,(H,37,44). The van der Waals surface area contributed by atoms with Crippen LogP contribution < -0.4 is 15.1 Å². The van der Waals surface area contributed by atoms with Gasteiger partial charge in [0.25, 0.3) is 0 Å². The van der Waals surface area contributed by atoms with E-state index in [1.165, 1.54) is 5.56 Å². The first-order valence-electron chi connectivity index (χ1n) is 15.6. The van der Waals surface area contributed by atoms with E-state index in [9.17, 15) is 4.79 Å². The molecule has 0 radical (unpaired) electrons. The van der Waals surface area contributed by atoms with E-state index in [0.29, 0.717) is 6.42 Å². The quantitative estimate of drug-likeness (QED) is 0.287. The van der Waals surface area contributed by atoms with Crippen molar-refractivity contribution in [3.05, 3.63) is 108 Å². The summed E-state index contributed by atoms with van der Waals surface area (Å²) in [7, 11) is 0. The van der Waals surface area contributed by atoms with Crippen LogP contribution in [0.15, 0.2) is 97.3 Å². The van der Waals surface area contributed by atoms with Crippen LogP contribution in [-0.2, 0) is 17.8 Å². The smallest absolute Gasteiger partial charge is 0.224 e. The van der Waals surface area contributed by atoms with Gasteiger partial charge < -0.3 is 15.1 Å². The fourth-order valence-electron chi connectivity index (χ4n) is 6.43. The van der Waals surface area contributed by atoms with Crippen LogP contribution in [0.5, 0.6) is 0 Å². The molecule has 0 atom stereocenters. The number of hydrogen-bond donors (Lipinski definition) is 1. The maximum atomic E-state index is 13.2. The maximum absolute atomic E-state index is 13.2. The number of pyridine rings is 1. The van der Waals surface area contributed by atoms with Crippen molar-refractivity contribution in [3.63, 3.8) is 0 Å². The summed E-state index contributed by atoms with van der Waals surface area (Å²) in [4.78, 5) is 24.7. The van der Waals surface area contributed by atoms with Gasteiger partial charge in [0, 0.05) is 69.6 Å². The molecule has 224 valence electrons. The number of anilines is 2. The minimum Gasteiger partial charge on any atom is -0.353 e. The highest BCUT2D eigenvalue weighted by atomic mass is 16.1. The normalized spacial score (nSPS) is 16.4. The van der Waals surface area contributed by atoms with Gasteiger partial charge in [0.15, 0.2) is 11.6 Å². The van der Waals surface area contributed by atoms with E-state index in [-0.39, 0.29) is 11.9 Å². The number of nitrogens with zero attached hydrogens (tertiary/aromatic N) is 7. The Balaban J connectivity index is 0.975. The third-order valence-corrected chi connectivity index (χ3v) is 8.81. The summed E-state index contributed by atoms with van der Waals surface area (Å²) in [5.41, 5.74) is 3.36. The number of piperazine rings is 1. The fourth-order valence-corrected chi connectivity index (χ4v) is 6.43. The monoisotopic (exact) mass is 586 g/mol. The number of fused-ring (bicyclic) bond motifs is 1. The third kappa shape index (κ3) is 6.28. The van der Waals surface area contributed by atoms with Crippen LogP contribution in [-0.4, -0.2) is 75.9 Å². The molecule has 0 aliphatic carbocycles. The molecule has 2 fully saturated rings. The van der Waals surface area contributed by atoms with Gasteiger partial charge >= 0.3 is 0 Å². The number of piperidine rings is 1. The van der Waals surface area contributed by atoms with Gasteiger partial charge in [-0.3, -0.25) is 14.3 Å². The zero-order valence-corrected chi connectivity index (χ0v) is 24.9. The van der Waals surface area contributed by atoms with Gasteiger partial charge in [0.05, 0.1) is 11.9 Å². The number of likely N-dealkylation sites (tertiary alicyclic amines) is 1. The van der Waals surface area contributed by atoms with Crippen LogP contribution in [0, 0.1) is 0 Å². The van der Waals surface area contributed by atoms with E-state index in [4.69, 9.17) is 0 Å². The number of para-hydroxylation sites is 1. The molecular weight excluding hydrogens is 548 g/mol. The number of hydrogen-bond acceptors (Lipinski definition) is 7. The maximum Gasteiger partial charge on any atom is 0.224 e. The van der Waals surface area contributed by atoms with Crippen molar-refractivity contribution in [1.29, 1.82) is 0 Å². The number of benzene rings is 2. The molecule has 5 aromatic rings. The summed E-state index contributed by atoms with van der Waals surface area (Å²) >= 11 is 0. The lowest BCUT2D eigenvalue weighted by Gasteiger charge is -2.35. The molecule has 2 aliphatic rings. The lowest BCUT2D eigenvalue weighted by Crippen LogP contribution is -2.47. The number of carbonyl (C=O) groups excluding carboxylic acids is 1. The molecule has 7 rings (SSSR count). The van der Waals surface area contributed by atoms with Crippen molar-refractivity contribution < 1.29 is 4.79 Å². The molecule has 9 nitrogen and oxygen atoms in total. The summed E-state index contributed by atoms with van der Waals surface area (Å²) in [5.74, 6) is 2.71. The Labute approximate surface area is 258 Å². The summed E-state index contributed by atoms with van der Waals surface area (Å²) < 4.78 is 2.05. The largest absolute Gasteiger partial charge is 0.353 e. The van der Waals surface area contributed by atoms with E-state index >= 15 is 0 Å². The highest BCUT2D eigenvalue weighted by Gasteiger charge is 2.23. The van der Waals surface area contributed by atoms with E-state index < -0.39 is 0 Å². The third-order valence-electron chi connectivity index (χ3n) is 8.81. The Bertz CT molecular complexity index is 1670. The molecule has 44 heavy (non-hydrogen) atoms. The van der Waals surface area contributed by atoms with Crippen LogP contribution in [0.25, 0.3) is 16.7 Å². The second kappa shape index (κ2) is 12.9. The first-order valence-corrected chi connectivity index (χ1v) is 15.6. The molecule has 3 aromatic heterocycles. The van der Waals surface area contributed by atoms with Gasteiger partial charge in [-0.1, -0.05) is 54.6 Å². The Morgan fingerprint density at radius 1 is 0.727 bits per heavy atom. The van der Waals surface area contributed by atoms with E-state index in [1.807, 2.05) is 48.8 Å². The lowest BCUT2D eigenvalue weighted by atomic mass is 10.0. The molecule has 2 aliphatic heterocycles. The molecule has 0 saturated carbocycles. The highest BCUT2D eigenvalue weighted by Crippen LogP contribution is 2.26. The summed E-state index contributed by atoms with van der Waals surface area (Å²) in [5, 5.41) is 13.6. The number of amides is 1. The Morgan fingerprint density at radius 2 is 1.41 bits per heavy atom. The minimum absolute atomic E-state index is 0.0701. The second-order valence-corrected chi connectivity index (χ2v) is 11.7. The SMILES string of the molecule is O=C(Cc1cn(-c2ccc(N3CCN(c4ccccn4)CC3)nn2)c2ccccc12)NC1CCN(Cc2ccccc2)CC1. The van der Waals surface area contributed by atoms with Gasteiger partial charge in [-0.15, -0.1) is 10.2 Å². The molecule has 1 amide bonds. The van der Waals surface area contributed by atoms with Crippen LogP contribution in [0.3, 0.4) is 0 Å². The van der Waals surface area contributed by atoms with Gasteiger partial charge in [-0.05, 0) is 54.3 Å². The number of aromatic nitrogens is 4. The lowest BCUT2D eigenvalue weighted by molar-refractivity contribution is -0.121. The van der Waals surface area contributed by atoms with E-state index in [2.05, 4.69) is 88.3 Å². The number of nitrogens with one attached hydrogen (secondary N) is 1. The molecule has 0 bridgehead atoms. The predicted octanol–water partition coefficient (Wildman–Crippen LogP) is 4.47. The molecule has 9 heteroatoms. The molecular formula is C35H38N8O. The average molecular weight is 587 g/mol. The first-order chi connectivity index (χ1) is 21.7. The van der Waals surface area contributed by atoms with E-state index in [1.54, 1.807) is 0 Å². The molecule has 1 N–H and O–H groups in total. The van der Waals surface area contributed by atoms with Crippen LogP contribution in [0.1, 0.15) is 24.0 Å². The Hall–Kier alpha value is -4.76. The van der Waals surface area contributed by atoms with Crippen LogP contribution in [0.4, 0.5) is 11.6 Å². The minimum atomic E-state index is 0.0701. The van der Waals surface area contributed by atoms with Gasteiger partial charge in [-0.25, -0.2) is 4.98 Å². The molecule has 0 unspecified atom stereocenters. The van der Waals surface area contributed by atoms with Crippen LogP contribution >= 0.6 is 0 Å². The fraction of sp³-hybridized carbons (Fsp3) is 0.314. The van der Waals surface area contributed by atoms with Crippen molar-refractivity contribution in [2.75, 3.05) is 49.1 Å². The number of rotatable bonds is 8. The zero-order chi connectivity index (χ0) is 29.7. The van der Waals surface area contributed by atoms with Crippen molar-refractivity contribution in [2.24, 2.45) is 0 Å². The van der Waals surface area contributed by atoms with Crippen molar-refractivity contribution in [1.82, 2.24) is 30.0 Å². The van der Waals surface area contributed by atoms with Crippen molar-refractivity contribution >= 4 is 28.4 Å². The topological polar surface area (TPSA) is 82.4 Å². The Kier molecular flexibility index (Phi) is 8.19. The van der Waals surface area contributed by atoms with Crippen molar-refractivity contribution in [2.45, 2.75) is 31.8 Å². The molecule has 2 aromatic carbocycles. The predicted molar refractivity (Wildman–Crippen MR) is 174 cm³/mol. The molecule has 5 heterocycles.